The van der Waals surface area contributed by atoms with Crippen LogP contribution in [0.5, 0.6) is 0 Å². The van der Waals surface area contributed by atoms with Crippen molar-refractivity contribution in [2.45, 2.75) is 13.8 Å². The van der Waals surface area contributed by atoms with Gasteiger partial charge in [-0.2, -0.15) is 0 Å². The largest absolute Gasteiger partial charge is 0.398 e. The van der Waals surface area contributed by atoms with Gasteiger partial charge in [-0.15, -0.1) is 0 Å². The number of benzene rings is 1. The Balaban J connectivity index is 2.26. The molecule has 90 valence electrons. The first-order valence-electron chi connectivity index (χ1n) is 5.68. The molecule has 3 aromatic rings. The van der Waals surface area contributed by atoms with Gasteiger partial charge in [-0.3, -0.25) is 0 Å². The Morgan fingerprint density at radius 3 is 2.83 bits per heavy atom. The highest BCUT2D eigenvalue weighted by atomic mass is 15.0. The molecule has 5 nitrogen and oxygen atoms in total. The number of hydrogen-bond acceptors (Lipinski definition) is 4. The highest BCUT2D eigenvalue weighted by molar-refractivity contribution is 5.81. The van der Waals surface area contributed by atoms with E-state index in [1.54, 1.807) is 6.20 Å². The second kappa shape index (κ2) is 3.80. The lowest BCUT2D eigenvalue weighted by atomic mass is 10.0. The number of nitrogens with two attached hydrogens (primary N) is 1. The van der Waals surface area contributed by atoms with Crippen LogP contribution >= 0.6 is 0 Å². The van der Waals surface area contributed by atoms with Crippen molar-refractivity contribution in [1.29, 1.82) is 0 Å². The van der Waals surface area contributed by atoms with Gasteiger partial charge in [0, 0.05) is 11.3 Å². The second-order valence-corrected chi connectivity index (χ2v) is 4.39. The first kappa shape index (κ1) is 10.7. The molecule has 18 heavy (non-hydrogen) atoms. The predicted octanol–water partition coefficient (Wildman–Crippen LogP) is 2.22. The lowest BCUT2D eigenvalue weighted by Gasteiger charge is -2.07. The lowest BCUT2D eigenvalue weighted by molar-refractivity contribution is 1.20. The molecule has 2 heterocycles. The molecule has 0 saturated heterocycles. The van der Waals surface area contributed by atoms with E-state index < -0.39 is 0 Å². The average molecular weight is 239 g/mol. The van der Waals surface area contributed by atoms with Crippen LogP contribution in [-0.4, -0.2) is 19.9 Å². The first-order valence-corrected chi connectivity index (χ1v) is 5.68. The number of rotatable bonds is 1. The van der Waals surface area contributed by atoms with Crippen molar-refractivity contribution in [1.82, 2.24) is 19.9 Å². The van der Waals surface area contributed by atoms with E-state index in [0.717, 1.165) is 33.7 Å². The molecule has 0 aliphatic carbocycles. The van der Waals surface area contributed by atoms with E-state index in [1.165, 1.54) is 6.33 Å². The molecule has 0 unspecified atom stereocenters. The zero-order chi connectivity index (χ0) is 12.7. The van der Waals surface area contributed by atoms with E-state index in [9.17, 15) is 0 Å². The number of nitrogens with zero attached hydrogens (tertiary/aromatic N) is 3. The van der Waals surface area contributed by atoms with Crippen LogP contribution in [0.25, 0.3) is 22.6 Å². The maximum absolute atomic E-state index is 6.11. The minimum absolute atomic E-state index is 0.651. The first-order chi connectivity index (χ1) is 8.65. The molecular weight excluding hydrogens is 226 g/mol. The molecule has 0 aliphatic heterocycles. The van der Waals surface area contributed by atoms with Gasteiger partial charge in [0.2, 0.25) is 0 Å². The monoisotopic (exact) mass is 239 g/mol. The third-order valence-electron chi connectivity index (χ3n) is 2.95. The molecule has 0 amide bonds. The zero-order valence-electron chi connectivity index (χ0n) is 10.2. The maximum atomic E-state index is 6.11. The minimum atomic E-state index is 0.651. The molecule has 0 atom stereocenters. The molecule has 5 heteroatoms. The number of aryl methyl sites for hydroxylation is 2. The number of fused-ring (bicyclic) bond motifs is 1. The summed E-state index contributed by atoms with van der Waals surface area (Å²) in [5, 5.41) is 0. The van der Waals surface area contributed by atoms with Gasteiger partial charge in [0.15, 0.2) is 5.65 Å². The third kappa shape index (κ3) is 1.60. The van der Waals surface area contributed by atoms with Gasteiger partial charge in [0.1, 0.15) is 17.7 Å². The smallest absolute Gasteiger partial charge is 0.181 e. The number of aromatic nitrogens is 4. The summed E-state index contributed by atoms with van der Waals surface area (Å²) in [6.45, 7) is 4.03. The van der Waals surface area contributed by atoms with Crippen LogP contribution in [0.4, 0.5) is 5.69 Å². The summed E-state index contributed by atoms with van der Waals surface area (Å²) in [5.41, 5.74) is 11.4. The van der Waals surface area contributed by atoms with Crippen LogP contribution in [0.15, 0.2) is 24.7 Å². The quantitative estimate of drug-likeness (QED) is 0.638. The summed E-state index contributed by atoms with van der Waals surface area (Å²) in [5.74, 6) is 0.731. The lowest BCUT2D eigenvalue weighted by Crippen LogP contribution is -1.96. The van der Waals surface area contributed by atoms with Crippen molar-refractivity contribution in [3.8, 4) is 11.4 Å². The predicted molar refractivity (Wildman–Crippen MR) is 71.0 cm³/mol. The number of nitrogens with one attached hydrogen (secondary N) is 1. The number of imidazole rings is 1. The molecule has 0 fully saturated rings. The Hall–Kier alpha value is -2.43. The van der Waals surface area contributed by atoms with E-state index in [1.807, 2.05) is 19.9 Å². The minimum Gasteiger partial charge on any atom is -0.398 e. The van der Waals surface area contributed by atoms with Gasteiger partial charge in [-0.05, 0) is 31.0 Å². The Labute approximate surface area is 104 Å². The number of H-pyrrole nitrogens is 1. The van der Waals surface area contributed by atoms with Gasteiger partial charge in [0.05, 0.1) is 6.20 Å². The highest BCUT2D eigenvalue weighted by Gasteiger charge is 2.11. The Kier molecular flexibility index (Phi) is 2.26. The normalized spacial score (nSPS) is 11.0. The van der Waals surface area contributed by atoms with Crippen LogP contribution in [0.1, 0.15) is 11.1 Å². The molecule has 0 saturated carbocycles. The van der Waals surface area contributed by atoms with Crippen molar-refractivity contribution < 1.29 is 0 Å². The highest BCUT2D eigenvalue weighted by Crippen LogP contribution is 2.28. The molecule has 1 aromatic carbocycles. The van der Waals surface area contributed by atoms with E-state index in [-0.39, 0.29) is 0 Å². The third-order valence-corrected chi connectivity index (χ3v) is 2.95. The molecule has 2 aromatic heterocycles. The van der Waals surface area contributed by atoms with Gasteiger partial charge in [-0.1, -0.05) is 6.07 Å². The molecule has 0 radical (unpaired) electrons. The van der Waals surface area contributed by atoms with Crippen LogP contribution in [0.3, 0.4) is 0 Å². The fourth-order valence-electron chi connectivity index (χ4n) is 2.06. The van der Waals surface area contributed by atoms with Crippen molar-refractivity contribution >= 4 is 16.9 Å². The number of anilines is 1. The summed E-state index contributed by atoms with van der Waals surface area (Å²) in [4.78, 5) is 15.7. The van der Waals surface area contributed by atoms with Gasteiger partial charge >= 0.3 is 0 Å². The second-order valence-electron chi connectivity index (χ2n) is 4.39. The van der Waals surface area contributed by atoms with Crippen LogP contribution in [-0.2, 0) is 0 Å². The van der Waals surface area contributed by atoms with Crippen LogP contribution in [0, 0.1) is 13.8 Å². The molecule has 3 rings (SSSR count). The Bertz CT molecular complexity index is 696. The van der Waals surface area contributed by atoms with Gasteiger partial charge < -0.3 is 10.7 Å². The van der Waals surface area contributed by atoms with Gasteiger partial charge in [-0.25, -0.2) is 15.0 Å². The Morgan fingerprint density at radius 1 is 1.22 bits per heavy atom. The topological polar surface area (TPSA) is 80.5 Å². The van der Waals surface area contributed by atoms with Crippen molar-refractivity contribution in [3.63, 3.8) is 0 Å². The summed E-state index contributed by atoms with van der Waals surface area (Å²) >= 11 is 0. The molecule has 0 spiro atoms. The zero-order valence-corrected chi connectivity index (χ0v) is 10.2. The Morgan fingerprint density at radius 2 is 2.06 bits per heavy atom. The summed E-state index contributed by atoms with van der Waals surface area (Å²) in [6, 6.07) is 4.08. The van der Waals surface area contributed by atoms with E-state index in [0.29, 0.717) is 5.65 Å². The van der Waals surface area contributed by atoms with E-state index in [2.05, 4.69) is 26.0 Å². The van der Waals surface area contributed by atoms with Crippen LogP contribution in [0.2, 0.25) is 0 Å². The molecule has 3 N–H and O–H groups in total. The SMILES string of the molecule is Cc1cc(C)c(N)c(-c2nc3ncncc3[nH]2)c1. The van der Waals surface area contributed by atoms with E-state index >= 15 is 0 Å². The fraction of sp³-hybridized carbons (Fsp3) is 0.154. The maximum Gasteiger partial charge on any atom is 0.181 e. The molecular formula is C13H13N5. The van der Waals surface area contributed by atoms with Crippen LogP contribution < -0.4 is 5.73 Å². The van der Waals surface area contributed by atoms with Gasteiger partial charge in [0.25, 0.3) is 0 Å². The van der Waals surface area contributed by atoms with E-state index in [4.69, 9.17) is 5.73 Å². The summed E-state index contributed by atoms with van der Waals surface area (Å²) in [6.07, 6.45) is 3.19. The van der Waals surface area contributed by atoms with Crippen molar-refractivity contribution in [3.05, 3.63) is 35.8 Å². The summed E-state index contributed by atoms with van der Waals surface area (Å²) < 4.78 is 0. The summed E-state index contributed by atoms with van der Waals surface area (Å²) in [7, 11) is 0. The standard InChI is InChI=1S/C13H13N5/c1-7-3-8(2)11(14)9(4-7)12-17-10-5-15-6-16-13(10)18-12/h3-6H,14H2,1-2H3,(H,15,16,17,18). The average Bonchev–Trinajstić information content (AvgIpc) is 2.77. The van der Waals surface area contributed by atoms with Crippen molar-refractivity contribution in [2.24, 2.45) is 0 Å². The molecule has 0 bridgehead atoms. The number of hydrogen-bond donors (Lipinski definition) is 2. The fourth-order valence-corrected chi connectivity index (χ4v) is 2.06. The molecule has 0 aliphatic rings. The van der Waals surface area contributed by atoms with Crippen molar-refractivity contribution in [2.75, 3.05) is 5.73 Å². The number of aromatic amines is 1. The number of nitrogen functional groups attached to an aromatic ring is 1.